The van der Waals surface area contributed by atoms with Gasteiger partial charge < -0.3 is 24.2 Å². The van der Waals surface area contributed by atoms with Gasteiger partial charge in [-0.1, -0.05) is 12.1 Å². The van der Waals surface area contributed by atoms with Crippen molar-refractivity contribution in [2.24, 2.45) is 0 Å². The molecule has 0 unspecified atom stereocenters. The molecule has 0 atom stereocenters. The average molecular weight is 363 g/mol. The Hall–Kier alpha value is -2.28. The van der Waals surface area contributed by atoms with Gasteiger partial charge in [-0.3, -0.25) is 9.59 Å². The normalized spacial score (nSPS) is 18.7. The number of carboxylic acids is 1. The second-order valence-electron chi connectivity index (χ2n) is 7.33. The van der Waals surface area contributed by atoms with Gasteiger partial charge in [-0.2, -0.15) is 0 Å². The number of amides is 1. The molecule has 0 spiro atoms. The molecule has 0 aromatic heterocycles. The lowest BCUT2D eigenvalue weighted by Crippen LogP contribution is -2.47. The van der Waals surface area contributed by atoms with Crippen LogP contribution in [0.15, 0.2) is 18.2 Å². The van der Waals surface area contributed by atoms with Crippen molar-refractivity contribution >= 4 is 11.9 Å². The van der Waals surface area contributed by atoms with Gasteiger partial charge in [0.15, 0.2) is 18.1 Å². The van der Waals surface area contributed by atoms with Crippen molar-refractivity contribution < 1.29 is 28.9 Å². The summed E-state index contributed by atoms with van der Waals surface area (Å²) in [5, 5.41) is 9.15. The van der Waals surface area contributed by atoms with Crippen LogP contribution in [-0.4, -0.2) is 59.9 Å². The van der Waals surface area contributed by atoms with Crippen molar-refractivity contribution in [1.82, 2.24) is 4.90 Å². The Morgan fingerprint density at radius 2 is 2.04 bits per heavy atom. The second kappa shape index (κ2) is 7.53. The van der Waals surface area contributed by atoms with E-state index in [1.54, 1.807) is 6.07 Å². The topological polar surface area (TPSA) is 85.3 Å². The molecule has 0 aliphatic carbocycles. The van der Waals surface area contributed by atoms with Crippen molar-refractivity contribution in [2.45, 2.75) is 44.8 Å². The highest BCUT2D eigenvalue weighted by Crippen LogP contribution is 2.41. The fraction of sp³-hybridized carbons (Fsp3) is 0.579. The van der Waals surface area contributed by atoms with E-state index in [0.29, 0.717) is 37.6 Å². The number of ether oxygens (including phenoxy) is 3. The summed E-state index contributed by atoms with van der Waals surface area (Å²) in [6, 6.07) is 5.49. The first-order chi connectivity index (χ1) is 12.4. The van der Waals surface area contributed by atoms with E-state index in [-0.39, 0.29) is 30.7 Å². The summed E-state index contributed by atoms with van der Waals surface area (Å²) in [5.74, 6) is -0.186. The Labute approximate surface area is 152 Å². The molecule has 2 aliphatic heterocycles. The maximum Gasteiger partial charge on any atom is 0.323 e. The van der Waals surface area contributed by atoms with Gasteiger partial charge in [0.25, 0.3) is 5.91 Å². The Kier molecular flexibility index (Phi) is 5.36. The lowest BCUT2D eigenvalue weighted by Gasteiger charge is -2.33. The van der Waals surface area contributed by atoms with Crippen LogP contribution in [0.2, 0.25) is 0 Å². The molecule has 3 rings (SSSR count). The monoisotopic (exact) mass is 363 g/mol. The fourth-order valence-electron chi connectivity index (χ4n) is 3.49. The van der Waals surface area contributed by atoms with Crippen LogP contribution in [-0.2, 0) is 20.7 Å². The number of nitrogens with zero attached hydrogens (tertiary/aromatic N) is 1. The zero-order valence-electron chi connectivity index (χ0n) is 15.2. The van der Waals surface area contributed by atoms with Crippen LogP contribution in [0.4, 0.5) is 0 Å². The molecule has 0 radical (unpaired) electrons. The summed E-state index contributed by atoms with van der Waals surface area (Å²) < 4.78 is 17.0. The van der Waals surface area contributed by atoms with E-state index in [1.165, 1.54) is 4.90 Å². The largest absolute Gasteiger partial charge is 0.483 e. The van der Waals surface area contributed by atoms with Gasteiger partial charge in [0.05, 0.1) is 0 Å². The molecular weight excluding hydrogens is 338 g/mol. The van der Waals surface area contributed by atoms with E-state index in [1.807, 2.05) is 26.0 Å². The molecule has 0 saturated carbocycles. The van der Waals surface area contributed by atoms with Gasteiger partial charge in [-0.25, -0.2) is 0 Å². The van der Waals surface area contributed by atoms with Crippen LogP contribution in [0.3, 0.4) is 0 Å². The van der Waals surface area contributed by atoms with E-state index < -0.39 is 5.97 Å². The number of benzene rings is 1. The number of carbonyl (C=O) groups is 2. The van der Waals surface area contributed by atoms with Crippen molar-refractivity contribution in [3.05, 3.63) is 23.8 Å². The minimum Gasteiger partial charge on any atom is -0.483 e. The molecule has 7 nitrogen and oxygen atoms in total. The van der Waals surface area contributed by atoms with Gasteiger partial charge >= 0.3 is 5.97 Å². The number of carbonyl (C=O) groups excluding carboxylic acids is 1. The van der Waals surface area contributed by atoms with E-state index >= 15 is 0 Å². The maximum atomic E-state index is 12.6. The van der Waals surface area contributed by atoms with Crippen LogP contribution >= 0.6 is 0 Å². The highest BCUT2D eigenvalue weighted by atomic mass is 16.5. The lowest BCUT2D eigenvalue weighted by molar-refractivity contribution is -0.148. The summed E-state index contributed by atoms with van der Waals surface area (Å²) in [6.45, 7) is 4.52. The zero-order valence-corrected chi connectivity index (χ0v) is 15.2. The standard InChI is InChI=1S/C19H25NO6/c1-19(2)10-13-4-3-5-15(18(13)26-19)25-12-16(21)20(11-17(22)23)14-6-8-24-9-7-14/h3-5,14H,6-12H2,1-2H3,(H,22,23). The second-order valence-corrected chi connectivity index (χ2v) is 7.33. The highest BCUT2D eigenvalue weighted by molar-refractivity contribution is 5.82. The number of hydrogen-bond donors (Lipinski definition) is 1. The Morgan fingerprint density at radius 3 is 2.73 bits per heavy atom. The molecule has 26 heavy (non-hydrogen) atoms. The SMILES string of the molecule is CC1(C)Cc2cccc(OCC(=O)N(CC(=O)O)C3CCOCC3)c2O1. The molecule has 2 aliphatic rings. The Bertz CT molecular complexity index is 681. The molecule has 142 valence electrons. The predicted octanol–water partition coefficient (Wildman–Crippen LogP) is 1.87. The van der Waals surface area contributed by atoms with Crippen molar-refractivity contribution in [1.29, 1.82) is 0 Å². The number of aliphatic carboxylic acids is 1. The lowest BCUT2D eigenvalue weighted by atomic mass is 10.0. The van der Waals surface area contributed by atoms with E-state index in [4.69, 9.17) is 19.3 Å². The van der Waals surface area contributed by atoms with Crippen molar-refractivity contribution in [3.63, 3.8) is 0 Å². The fourth-order valence-corrected chi connectivity index (χ4v) is 3.49. The van der Waals surface area contributed by atoms with E-state index in [9.17, 15) is 9.59 Å². The first-order valence-corrected chi connectivity index (χ1v) is 8.88. The summed E-state index contributed by atoms with van der Waals surface area (Å²) in [4.78, 5) is 25.2. The van der Waals surface area contributed by atoms with Crippen LogP contribution in [0.25, 0.3) is 0 Å². The number of carboxylic acid groups (broad SMARTS) is 1. The third-order valence-electron chi connectivity index (χ3n) is 4.66. The van der Waals surface area contributed by atoms with Crippen molar-refractivity contribution in [2.75, 3.05) is 26.4 Å². The van der Waals surface area contributed by atoms with Crippen LogP contribution in [0.5, 0.6) is 11.5 Å². The van der Waals surface area contributed by atoms with Crippen LogP contribution < -0.4 is 9.47 Å². The number of hydrogen-bond acceptors (Lipinski definition) is 5. The number of para-hydroxylation sites is 1. The van der Waals surface area contributed by atoms with Gasteiger partial charge in [0.1, 0.15) is 12.1 Å². The van der Waals surface area contributed by atoms with Crippen molar-refractivity contribution in [3.8, 4) is 11.5 Å². The van der Waals surface area contributed by atoms with Gasteiger partial charge in [-0.05, 0) is 32.8 Å². The van der Waals surface area contributed by atoms with Gasteiger partial charge in [0.2, 0.25) is 0 Å². The van der Waals surface area contributed by atoms with Gasteiger partial charge in [-0.15, -0.1) is 0 Å². The third kappa shape index (κ3) is 4.27. The molecular formula is C19H25NO6. The summed E-state index contributed by atoms with van der Waals surface area (Å²) in [7, 11) is 0. The van der Waals surface area contributed by atoms with E-state index in [2.05, 4.69) is 0 Å². The predicted molar refractivity (Wildman–Crippen MR) is 93.5 cm³/mol. The number of rotatable bonds is 6. The minimum atomic E-state index is -1.03. The highest BCUT2D eigenvalue weighted by Gasteiger charge is 2.33. The molecule has 0 bridgehead atoms. The smallest absolute Gasteiger partial charge is 0.323 e. The van der Waals surface area contributed by atoms with Gasteiger partial charge in [0, 0.05) is 31.2 Å². The molecule has 1 amide bonds. The Balaban J connectivity index is 1.67. The molecule has 7 heteroatoms. The summed E-state index contributed by atoms with van der Waals surface area (Å²) >= 11 is 0. The Morgan fingerprint density at radius 1 is 1.31 bits per heavy atom. The summed E-state index contributed by atoms with van der Waals surface area (Å²) in [5.41, 5.74) is 0.746. The minimum absolute atomic E-state index is 0.132. The first kappa shape index (κ1) is 18.5. The molecule has 2 heterocycles. The zero-order chi connectivity index (χ0) is 18.7. The molecule has 1 fully saturated rings. The van der Waals surface area contributed by atoms with Crippen LogP contribution in [0, 0.1) is 0 Å². The number of fused-ring (bicyclic) bond motifs is 1. The van der Waals surface area contributed by atoms with E-state index in [0.717, 1.165) is 12.0 Å². The average Bonchev–Trinajstić information content (AvgIpc) is 2.92. The molecule has 1 aromatic rings. The summed E-state index contributed by atoms with van der Waals surface area (Å²) in [6.07, 6.45) is 2.05. The molecule has 1 N–H and O–H groups in total. The maximum absolute atomic E-state index is 12.6. The molecule has 1 saturated heterocycles. The quantitative estimate of drug-likeness (QED) is 0.831. The third-order valence-corrected chi connectivity index (χ3v) is 4.66. The molecule has 1 aromatic carbocycles. The van der Waals surface area contributed by atoms with Crippen LogP contribution in [0.1, 0.15) is 32.3 Å². The first-order valence-electron chi connectivity index (χ1n) is 8.88.